The number of likely N-dealkylation sites (N-methyl/N-ethyl adjacent to an activating group) is 1. The maximum Gasteiger partial charge on any atom is 0.416 e. The van der Waals surface area contributed by atoms with Gasteiger partial charge in [-0.3, -0.25) is 9.59 Å². The number of halogens is 3. The molecule has 0 unspecified atom stereocenters. The zero-order valence-electron chi connectivity index (χ0n) is 14.1. The molecule has 0 saturated carbocycles. The van der Waals surface area contributed by atoms with Crippen molar-refractivity contribution in [2.75, 3.05) is 26.0 Å². The summed E-state index contributed by atoms with van der Waals surface area (Å²) in [6.07, 6.45) is -4.54. The highest BCUT2D eigenvalue weighted by Gasteiger charge is 2.31. The molecule has 0 fully saturated rings. The average molecular weight is 366 g/mol. The summed E-state index contributed by atoms with van der Waals surface area (Å²) in [7, 11) is 2.83. The minimum Gasteiger partial charge on any atom is -0.497 e. The lowest BCUT2D eigenvalue weighted by molar-refractivity contribution is -0.137. The SMILES string of the molecule is COc1cccc(NC(=O)CN(C)C(=O)c2cccc(C(F)(F)F)c2)c1. The summed E-state index contributed by atoms with van der Waals surface area (Å²) in [6.45, 7) is -0.313. The highest BCUT2D eigenvalue weighted by molar-refractivity contribution is 5.99. The van der Waals surface area contributed by atoms with E-state index in [1.165, 1.54) is 20.2 Å². The number of nitrogens with one attached hydrogen (secondary N) is 1. The third-order valence-electron chi connectivity index (χ3n) is 3.52. The molecule has 5 nitrogen and oxygen atoms in total. The first-order valence-corrected chi connectivity index (χ1v) is 7.57. The fraction of sp³-hybridized carbons (Fsp3) is 0.222. The van der Waals surface area contributed by atoms with E-state index >= 15 is 0 Å². The van der Waals surface area contributed by atoms with Gasteiger partial charge >= 0.3 is 6.18 Å². The Balaban J connectivity index is 2.03. The summed E-state index contributed by atoms with van der Waals surface area (Å²) in [5.74, 6) is -0.617. The monoisotopic (exact) mass is 366 g/mol. The highest BCUT2D eigenvalue weighted by Crippen LogP contribution is 2.29. The molecule has 0 heterocycles. The van der Waals surface area contributed by atoms with Gasteiger partial charge < -0.3 is 15.0 Å². The molecule has 8 heteroatoms. The van der Waals surface area contributed by atoms with Gasteiger partial charge in [-0.2, -0.15) is 13.2 Å². The van der Waals surface area contributed by atoms with Crippen molar-refractivity contribution in [3.63, 3.8) is 0 Å². The van der Waals surface area contributed by atoms with Crippen LogP contribution in [0.15, 0.2) is 48.5 Å². The molecule has 0 aromatic heterocycles. The van der Waals surface area contributed by atoms with Crippen LogP contribution in [0.3, 0.4) is 0 Å². The van der Waals surface area contributed by atoms with Gasteiger partial charge in [0.1, 0.15) is 5.75 Å². The summed E-state index contributed by atoms with van der Waals surface area (Å²) < 4.78 is 43.3. The predicted octanol–water partition coefficient (Wildman–Crippen LogP) is 3.42. The number of hydrogen-bond donors (Lipinski definition) is 1. The van der Waals surface area contributed by atoms with E-state index in [0.29, 0.717) is 11.4 Å². The van der Waals surface area contributed by atoms with Crippen LogP contribution in [-0.2, 0) is 11.0 Å². The van der Waals surface area contributed by atoms with E-state index in [2.05, 4.69) is 5.32 Å². The van der Waals surface area contributed by atoms with Gasteiger partial charge in [-0.1, -0.05) is 12.1 Å². The number of carbonyl (C=O) groups is 2. The Morgan fingerprint density at radius 2 is 1.81 bits per heavy atom. The van der Waals surface area contributed by atoms with Crippen LogP contribution in [0.2, 0.25) is 0 Å². The molecule has 0 atom stereocenters. The fourth-order valence-corrected chi connectivity index (χ4v) is 2.24. The Bertz CT molecular complexity index is 806. The predicted molar refractivity (Wildman–Crippen MR) is 90.0 cm³/mol. The van der Waals surface area contributed by atoms with E-state index in [1.807, 2.05) is 0 Å². The number of alkyl halides is 3. The lowest BCUT2D eigenvalue weighted by atomic mass is 10.1. The van der Waals surface area contributed by atoms with Gasteiger partial charge in [0.15, 0.2) is 0 Å². The summed E-state index contributed by atoms with van der Waals surface area (Å²) in [4.78, 5) is 25.4. The summed E-state index contributed by atoms with van der Waals surface area (Å²) in [5, 5.41) is 2.60. The third-order valence-corrected chi connectivity index (χ3v) is 3.52. The van der Waals surface area contributed by atoms with Crippen molar-refractivity contribution in [2.24, 2.45) is 0 Å². The van der Waals surface area contributed by atoms with Crippen LogP contribution in [-0.4, -0.2) is 37.4 Å². The van der Waals surface area contributed by atoms with Crippen molar-refractivity contribution in [3.8, 4) is 5.75 Å². The summed E-state index contributed by atoms with van der Waals surface area (Å²) in [5.41, 5.74) is -0.580. The third kappa shape index (κ3) is 4.98. The van der Waals surface area contributed by atoms with Crippen molar-refractivity contribution in [3.05, 3.63) is 59.7 Å². The van der Waals surface area contributed by atoms with Crippen LogP contribution in [0.1, 0.15) is 15.9 Å². The van der Waals surface area contributed by atoms with Crippen molar-refractivity contribution >= 4 is 17.5 Å². The normalized spacial score (nSPS) is 11.0. The lowest BCUT2D eigenvalue weighted by Gasteiger charge is -2.18. The first-order chi connectivity index (χ1) is 12.2. The van der Waals surface area contributed by atoms with Crippen LogP contribution < -0.4 is 10.1 Å². The summed E-state index contributed by atoms with van der Waals surface area (Å²) in [6, 6.07) is 10.7. The topological polar surface area (TPSA) is 58.6 Å². The minimum absolute atomic E-state index is 0.142. The molecule has 2 amide bonds. The molecule has 0 spiro atoms. The first kappa shape index (κ1) is 19.3. The molecular formula is C18H17F3N2O3. The Morgan fingerprint density at radius 3 is 2.46 bits per heavy atom. The molecule has 0 saturated heterocycles. The molecule has 138 valence electrons. The number of anilines is 1. The zero-order chi connectivity index (χ0) is 19.3. The second-order valence-corrected chi connectivity index (χ2v) is 5.52. The number of carbonyl (C=O) groups excluding carboxylic acids is 2. The molecule has 2 aromatic rings. The molecule has 0 aliphatic rings. The van der Waals surface area contributed by atoms with E-state index in [9.17, 15) is 22.8 Å². The number of ether oxygens (including phenoxy) is 1. The van der Waals surface area contributed by atoms with Crippen molar-refractivity contribution in [2.45, 2.75) is 6.18 Å². The average Bonchev–Trinajstić information content (AvgIpc) is 2.60. The van der Waals surface area contributed by atoms with E-state index in [1.54, 1.807) is 24.3 Å². The maximum absolute atomic E-state index is 12.7. The number of nitrogens with zero attached hydrogens (tertiary/aromatic N) is 1. The van der Waals surface area contributed by atoms with Gasteiger partial charge in [0, 0.05) is 24.4 Å². The van der Waals surface area contributed by atoms with Gasteiger partial charge in [0.25, 0.3) is 5.91 Å². The van der Waals surface area contributed by atoms with Gasteiger partial charge in [-0.15, -0.1) is 0 Å². The molecule has 2 aromatic carbocycles. The molecule has 0 bridgehead atoms. The summed E-state index contributed by atoms with van der Waals surface area (Å²) >= 11 is 0. The number of benzene rings is 2. The Hall–Kier alpha value is -3.03. The number of hydrogen-bond acceptors (Lipinski definition) is 3. The smallest absolute Gasteiger partial charge is 0.416 e. The maximum atomic E-state index is 12.7. The van der Waals surface area contributed by atoms with Crippen LogP contribution in [0.25, 0.3) is 0 Å². The van der Waals surface area contributed by atoms with Crippen LogP contribution in [0.4, 0.5) is 18.9 Å². The highest BCUT2D eigenvalue weighted by atomic mass is 19.4. The van der Waals surface area contributed by atoms with Crippen LogP contribution in [0, 0.1) is 0 Å². The van der Waals surface area contributed by atoms with Crippen LogP contribution in [0.5, 0.6) is 5.75 Å². The van der Waals surface area contributed by atoms with E-state index in [-0.39, 0.29) is 12.1 Å². The number of rotatable bonds is 5. The molecule has 26 heavy (non-hydrogen) atoms. The van der Waals surface area contributed by atoms with Crippen LogP contribution >= 0.6 is 0 Å². The number of methoxy groups -OCH3 is 1. The van der Waals surface area contributed by atoms with Gasteiger partial charge in [0.05, 0.1) is 19.2 Å². The minimum atomic E-state index is -4.54. The molecule has 1 N–H and O–H groups in total. The molecule has 0 aliphatic heterocycles. The Labute approximate surface area is 148 Å². The second kappa shape index (κ2) is 7.90. The van der Waals surface area contributed by atoms with Gasteiger partial charge in [0.2, 0.25) is 5.91 Å². The van der Waals surface area contributed by atoms with Crippen molar-refractivity contribution in [1.82, 2.24) is 4.90 Å². The van der Waals surface area contributed by atoms with E-state index in [4.69, 9.17) is 4.74 Å². The Kier molecular flexibility index (Phi) is 5.86. The van der Waals surface area contributed by atoms with Crippen molar-refractivity contribution < 1.29 is 27.5 Å². The Morgan fingerprint density at radius 1 is 1.12 bits per heavy atom. The molecule has 0 radical (unpaired) electrons. The molecule has 2 rings (SSSR count). The van der Waals surface area contributed by atoms with Gasteiger partial charge in [-0.25, -0.2) is 0 Å². The van der Waals surface area contributed by atoms with Crippen molar-refractivity contribution in [1.29, 1.82) is 0 Å². The van der Waals surface area contributed by atoms with E-state index in [0.717, 1.165) is 23.1 Å². The quantitative estimate of drug-likeness (QED) is 0.882. The standard InChI is InChI=1S/C18H17F3N2O3/c1-23(11-16(24)22-14-7-4-8-15(10-14)26-2)17(25)12-5-3-6-13(9-12)18(19,20)21/h3-10H,11H2,1-2H3,(H,22,24). The zero-order valence-corrected chi connectivity index (χ0v) is 14.1. The number of amides is 2. The lowest BCUT2D eigenvalue weighted by Crippen LogP contribution is -2.35. The fourth-order valence-electron chi connectivity index (χ4n) is 2.24. The van der Waals surface area contributed by atoms with Gasteiger partial charge in [-0.05, 0) is 30.3 Å². The largest absolute Gasteiger partial charge is 0.497 e. The molecule has 0 aliphatic carbocycles. The first-order valence-electron chi connectivity index (χ1n) is 7.57. The second-order valence-electron chi connectivity index (χ2n) is 5.52. The van der Waals surface area contributed by atoms with E-state index < -0.39 is 23.6 Å². The molecular weight excluding hydrogens is 349 g/mol.